The Morgan fingerprint density at radius 3 is 2.18 bits per heavy atom. The number of carboxylic acid groups (broad SMARTS) is 1. The van der Waals surface area contributed by atoms with Crippen molar-refractivity contribution >= 4 is 23.7 Å². The van der Waals surface area contributed by atoms with Gasteiger partial charge in [0.15, 0.2) is 6.10 Å². The third-order valence-electron chi connectivity index (χ3n) is 5.90. The summed E-state index contributed by atoms with van der Waals surface area (Å²) >= 11 is 0. The molecule has 0 bridgehead atoms. The lowest BCUT2D eigenvalue weighted by molar-refractivity contribution is -0.146. The number of carbonyl (C=O) groups excluding carboxylic acids is 2. The number of carboxylic acids is 1. The van der Waals surface area contributed by atoms with Crippen LogP contribution in [0.15, 0.2) is 66.7 Å². The first-order chi connectivity index (χ1) is 16.4. The van der Waals surface area contributed by atoms with Crippen molar-refractivity contribution in [2.75, 3.05) is 18.5 Å². The third-order valence-corrected chi connectivity index (χ3v) is 5.90. The Morgan fingerprint density at radius 1 is 0.941 bits per heavy atom. The van der Waals surface area contributed by atoms with Crippen LogP contribution in [0.5, 0.6) is 0 Å². The zero-order valence-corrected chi connectivity index (χ0v) is 18.4. The molecule has 3 aromatic rings. The van der Waals surface area contributed by atoms with Crippen LogP contribution < -0.4 is 10.6 Å². The number of amides is 2. The predicted octanol–water partition coefficient (Wildman–Crippen LogP) is 3.53. The van der Waals surface area contributed by atoms with Crippen molar-refractivity contribution in [2.45, 2.75) is 18.9 Å². The van der Waals surface area contributed by atoms with E-state index in [4.69, 9.17) is 9.84 Å². The van der Waals surface area contributed by atoms with Crippen molar-refractivity contribution in [3.63, 3.8) is 0 Å². The molecule has 4 N–H and O–H groups in total. The van der Waals surface area contributed by atoms with Crippen LogP contribution in [0.25, 0.3) is 11.1 Å². The van der Waals surface area contributed by atoms with Crippen LogP contribution in [0.3, 0.4) is 0 Å². The molecular weight excluding hydrogens is 436 g/mol. The van der Waals surface area contributed by atoms with Crippen LogP contribution in [-0.2, 0) is 9.53 Å². The average Bonchev–Trinajstić information content (AvgIpc) is 3.16. The molecule has 1 aliphatic carbocycles. The van der Waals surface area contributed by atoms with E-state index < -0.39 is 30.6 Å². The van der Waals surface area contributed by atoms with Gasteiger partial charge < -0.3 is 20.3 Å². The topological polar surface area (TPSA) is 125 Å². The van der Waals surface area contributed by atoms with E-state index in [2.05, 4.69) is 22.8 Å². The Bertz CT molecular complexity index is 1210. The van der Waals surface area contributed by atoms with Gasteiger partial charge in [-0.2, -0.15) is 0 Å². The van der Waals surface area contributed by atoms with Gasteiger partial charge in [0.05, 0.1) is 6.54 Å². The second kappa shape index (κ2) is 9.76. The Labute approximate surface area is 196 Å². The molecule has 1 aliphatic rings. The molecule has 1 atom stereocenters. The Kier molecular flexibility index (Phi) is 6.60. The van der Waals surface area contributed by atoms with Gasteiger partial charge in [0, 0.05) is 17.2 Å². The normalized spacial score (nSPS) is 12.9. The first kappa shape index (κ1) is 23.0. The number of aliphatic hydroxyl groups excluding tert-OH is 1. The summed E-state index contributed by atoms with van der Waals surface area (Å²) in [5, 5.41) is 23.1. The van der Waals surface area contributed by atoms with Gasteiger partial charge in [0.1, 0.15) is 6.61 Å². The van der Waals surface area contributed by atoms with Crippen molar-refractivity contribution in [3.8, 4) is 11.1 Å². The molecule has 8 heteroatoms. The van der Waals surface area contributed by atoms with Gasteiger partial charge in [0.2, 0.25) is 0 Å². The van der Waals surface area contributed by atoms with E-state index in [1.165, 1.54) is 0 Å². The highest BCUT2D eigenvalue weighted by Crippen LogP contribution is 2.44. The number of fused-ring (bicyclic) bond motifs is 3. The first-order valence-corrected chi connectivity index (χ1v) is 10.8. The molecule has 0 saturated heterocycles. The van der Waals surface area contributed by atoms with Gasteiger partial charge in [-0.3, -0.25) is 10.1 Å². The number of ether oxygens (including phenoxy) is 1. The monoisotopic (exact) mass is 460 g/mol. The minimum Gasteiger partial charge on any atom is -0.479 e. The molecule has 0 saturated carbocycles. The van der Waals surface area contributed by atoms with Crippen molar-refractivity contribution in [1.82, 2.24) is 5.32 Å². The second-order valence-electron chi connectivity index (χ2n) is 7.99. The van der Waals surface area contributed by atoms with Crippen molar-refractivity contribution in [3.05, 3.63) is 89.0 Å². The van der Waals surface area contributed by atoms with Crippen molar-refractivity contribution < 1.29 is 29.3 Å². The number of anilines is 1. The van der Waals surface area contributed by atoms with E-state index in [1.807, 2.05) is 36.4 Å². The minimum absolute atomic E-state index is 0.0722. The van der Waals surface area contributed by atoms with E-state index >= 15 is 0 Å². The molecule has 8 nitrogen and oxygen atoms in total. The molecule has 0 spiro atoms. The molecule has 174 valence electrons. The van der Waals surface area contributed by atoms with Crippen LogP contribution in [0.4, 0.5) is 10.5 Å². The maximum Gasteiger partial charge on any atom is 0.411 e. The smallest absolute Gasteiger partial charge is 0.411 e. The lowest BCUT2D eigenvalue weighted by Gasteiger charge is -2.16. The number of aliphatic hydroxyl groups is 1. The lowest BCUT2D eigenvalue weighted by Crippen LogP contribution is -2.36. The summed E-state index contributed by atoms with van der Waals surface area (Å²) < 4.78 is 5.56. The van der Waals surface area contributed by atoms with E-state index in [1.54, 1.807) is 25.1 Å². The number of aliphatic carboxylic acids is 1. The summed E-state index contributed by atoms with van der Waals surface area (Å²) in [5.41, 5.74) is 5.60. The quantitative estimate of drug-likeness (QED) is 0.428. The largest absolute Gasteiger partial charge is 0.479 e. The SMILES string of the molecule is Cc1c(NC(=O)OCC2c3ccccc3-c3ccccc32)cccc1C(=O)NCC(O)C(=O)O. The number of benzene rings is 3. The second-order valence-corrected chi connectivity index (χ2v) is 7.99. The predicted molar refractivity (Wildman–Crippen MR) is 126 cm³/mol. The number of carbonyl (C=O) groups is 3. The highest BCUT2D eigenvalue weighted by molar-refractivity contribution is 5.98. The average molecular weight is 460 g/mol. The van der Waals surface area contributed by atoms with Gasteiger partial charge in [-0.25, -0.2) is 9.59 Å². The fourth-order valence-electron chi connectivity index (χ4n) is 4.13. The van der Waals surface area contributed by atoms with E-state index in [0.29, 0.717) is 11.3 Å². The summed E-state index contributed by atoms with van der Waals surface area (Å²) in [6, 6.07) is 20.9. The van der Waals surface area contributed by atoms with Crippen LogP contribution in [0.2, 0.25) is 0 Å². The standard InChI is InChI=1S/C26H24N2O6/c1-15-16(24(30)27-13-23(29)25(31)32)11-6-12-22(15)28-26(33)34-14-21-19-9-4-2-7-17(19)18-8-3-5-10-20(18)21/h2-12,21,23,29H,13-14H2,1H3,(H,27,30)(H,28,33)(H,31,32). The van der Waals surface area contributed by atoms with Crippen LogP contribution in [0, 0.1) is 6.92 Å². The Balaban J connectivity index is 1.42. The van der Waals surface area contributed by atoms with Crippen LogP contribution >= 0.6 is 0 Å². The highest BCUT2D eigenvalue weighted by atomic mass is 16.5. The Morgan fingerprint density at radius 2 is 1.56 bits per heavy atom. The zero-order valence-electron chi connectivity index (χ0n) is 18.4. The maximum absolute atomic E-state index is 12.6. The molecule has 1 unspecified atom stereocenters. The van der Waals surface area contributed by atoms with Crippen molar-refractivity contribution in [1.29, 1.82) is 0 Å². The lowest BCUT2D eigenvalue weighted by atomic mass is 9.98. The molecule has 3 aromatic carbocycles. The Hall–Kier alpha value is -4.17. The molecule has 34 heavy (non-hydrogen) atoms. The summed E-state index contributed by atoms with van der Waals surface area (Å²) in [6.07, 6.45) is -2.35. The molecular formula is C26H24N2O6. The maximum atomic E-state index is 12.6. The van der Waals surface area contributed by atoms with Gasteiger partial charge in [-0.1, -0.05) is 54.6 Å². The highest BCUT2D eigenvalue weighted by Gasteiger charge is 2.29. The fraction of sp³-hybridized carbons (Fsp3) is 0.192. The fourth-order valence-corrected chi connectivity index (χ4v) is 4.13. The first-order valence-electron chi connectivity index (χ1n) is 10.8. The number of rotatable bonds is 7. The van der Waals surface area contributed by atoms with E-state index in [9.17, 15) is 19.5 Å². The van der Waals surface area contributed by atoms with Crippen LogP contribution in [0.1, 0.15) is 33.0 Å². The molecule has 2 amide bonds. The molecule has 0 radical (unpaired) electrons. The molecule has 0 aliphatic heterocycles. The molecule has 0 aromatic heterocycles. The van der Waals surface area contributed by atoms with Gasteiger partial charge in [-0.15, -0.1) is 0 Å². The molecule has 0 fully saturated rings. The van der Waals surface area contributed by atoms with Gasteiger partial charge in [-0.05, 0) is 46.9 Å². The third kappa shape index (κ3) is 4.62. The van der Waals surface area contributed by atoms with E-state index in [0.717, 1.165) is 22.3 Å². The molecule has 0 heterocycles. The van der Waals surface area contributed by atoms with Gasteiger partial charge >= 0.3 is 12.1 Å². The van der Waals surface area contributed by atoms with Gasteiger partial charge in [0.25, 0.3) is 5.91 Å². The minimum atomic E-state index is -1.70. The summed E-state index contributed by atoms with van der Waals surface area (Å²) in [7, 11) is 0. The van der Waals surface area contributed by atoms with Crippen LogP contribution in [-0.4, -0.2) is 47.4 Å². The van der Waals surface area contributed by atoms with E-state index in [-0.39, 0.29) is 18.1 Å². The number of nitrogens with one attached hydrogen (secondary N) is 2. The molecule has 4 rings (SSSR count). The zero-order chi connectivity index (χ0) is 24.2. The number of hydrogen-bond acceptors (Lipinski definition) is 5. The summed E-state index contributed by atoms with van der Waals surface area (Å²) in [4.78, 5) is 35.7. The summed E-state index contributed by atoms with van der Waals surface area (Å²) in [5.74, 6) is -2.06. The summed E-state index contributed by atoms with van der Waals surface area (Å²) in [6.45, 7) is 1.38. The van der Waals surface area contributed by atoms with Crippen molar-refractivity contribution in [2.24, 2.45) is 0 Å². The number of hydrogen-bond donors (Lipinski definition) is 4.